The third-order valence-electron chi connectivity index (χ3n) is 4.64. The molecule has 2 rings (SSSR count). The van der Waals surface area contributed by atoms with Crippen molar-refractivity contribution in [2.24, 2.45) is 0 Å². The third kappa shape index (κ3) is 6.28. The van der Waals surface area contributed by atoms with Gasteiger partial charge in [0, 0.05) is 24.8 Å². The summed E-state index contributed by atoms with van der Waals surface area (Å²) >= 11 is 0. The molecule has 3 amide bonds. The van der Waals surface area contributed by atoms with Crippen LogP contribution in [-0.2, 0) is 14.8 Å². The number of nitrogens with zero attached hydrogens (tertiary/aromatic N) is 2. The molecule has 0 aliphatic heterocycles. The van der Waals surface area contributed by atoms with Crippen molar-refractivity contribution in [2.75, 3.05) is 26.7 Å². The Morgan fingerprint density at radius 2 is 1.65 bits per heavy atom. The Kier molecular flexibility index (Phi) is 8.67. The molecule has 0 spiro atoms. The molecule has 0 saturated heterocycles. The zero-order valence-corrected chi connectivity index (χ0v) is 19.5. The number of hydrogen-bond acceptors (Lipinski definition) is 8. The van der Waals surface area contributed by atoms with Gasteiger partial charge in [-0.15, -0.1) is 0 Å². The molecule has 1 aromatic carbocycles. The first-order valence-corrected chi connectivity index (χ1v) is 11.5. The van der Waals surface area contributed by atoms with E-state index in [1.807, 2.05) is 18.6 Å². The molecule has 0 fully saturated rings. The number of rotatable bonds is 10. The van der Waals surface area contributed by atoms with E-state index in [1.54, 1.807) is 4.90 Å². The fraction of sp³-hybridized carbons (Fsp3) is 0.286. The standard InChI is InChI=1S/C21H24N4O8S/c1-4-25(5-2)21(30)13-6-8-15(9-7-13)34(31,32)24-19(28)14-10-16(33-3)18(22-11-14)20(29)23-12-17(26)27/h6-11H,4-5,12H2,1-3H3,(H,23,29)(H,24,28)(H,26,27). The Bertz CT molecular complexity index is 1190. The number of benzene rings is 1. The van der Waals surface area contributed by atoms with E-state index in [9.17, 15) is 27.6 Å². The zero-order valence-electron chi connectivity index (χ0n) is 18.7. The van der Waals surface area contributed by atoms with Crippen LogP contribution in [0.25, 0.3) is 0 Å². The quantitative estimate of drug-likeness (QED) is 0.427. The lowest BCUT2D eigenvalue weighted by atomic mass is 10.2. The molecule has 0 atom stereocenters. The van der Waals surface area contributed by atoms with Gasteiger partial charge in [0.25, 0.3) is 27.7 Å². The van der Waals surface area contributed by atoms with Gasteiger partial charge in [-0.1, -0.05) is 0 Å². The van der Waals surface area contributed by atoms with E-state index in [4.69, 9.17) is 9.84 Å². The molecule has 0 unspecified atom stereocenters. The number of aromatic nitrogens is 1. The van der Waals surface area contributed by atoms with Gasteiger partial charge in [0.1, 0.15) is 6.54 Å². The maximum Gasteiger partial charge on any atom is 0.322 e. The monoisotopic (exact) mass is 492 g/mol. The van der Waals surface area contributed by atoms with E-state index >= 15 is 0 Å². The minimum absolute atomic E-state index is 0.160. The van der Waals surface area contributed by atoms with Crippen molar-refractivity contribution < 1.29 is 37.4 Å². The second-order valence-corrected chi connectivity index (χ2v) is 8.47. The second-order valence-electron chi connectivity index (χ2n) is 6.79. The van der Waals surface area contributed by atoms with Crippen molar-refractivity contribution in [3.63, 3.8) is 0 Å². The molecule has 2 aromatic rings. The van der Waals surface area contributed by atoms with Crippen LogP contribution in [0.2, 0.25) is 0 Å². The molecule has 13 heteroatoms. The summed E-state index contributed by atoms with van der Waals surface area (Å²) in [5.41, 5.74) is -0.195. The molecule has 34 heavy (non-hydrogen) atoms. The zero-order chi connectivity index (χ0) is 25.5. The van der Waals surface area contributed by atoms with Gasteiger partial charge in [0.2, 0.25) is 0 Å². The molecular weight excluding hydrogens is 468 g/mol. The summed E-state index contributed by atoms with van der Waals surface area (Å²) in [6.45, 7) is 4.01. The van der Waals surface area contributed by atoms with Crippen LogP contribution in [0, 0.1) is 0 Å². The summed E-state index contributed by atoms with van der Waals surface area (Å²) in [5, 5.41) is 10.8. The maximum atomic E-state index is 12.6. The van der Waals surface area contributed by atoms with Crippen LogP contribution in [0.3, 0.4) is 0 Å². The molecule has 12 nitrogen and oxygen atoms in total. The van der Waals surface area contributed by atoms with Crippen LogP contribution < -0.4 is 14.8 Å². The molecule has 0 aliphatic rings. The second kappa shape index (κ2) is 11.2. The fourth-order valence-corrected chi connectivity index (χ4v) is 3.82. The third-order valence-corrected chi connectivity index (χ3v) is 5.99. The Balaban J connectivity index is 2.20. The lowest BCUT2D eigenvalue weighted by Gasteiger charge is -2.18. The Morgan fingerprint density at radius 1 is 1.03 bits per heavy atom. The first-order valence-electron chi connectivity index (χ1n) is 10.0. The van der Waals surface area contributed by atoms with Crippen LogP contribution >= 0.6 is 0 Å². The highest BCUT2D eigenvalue weighted by atomic mass is 32.2. The molecule has 0 saturated carbocycles. The van der Waals surface area contributed by atoms with Crippen molar-refractivity contribution in [2.45, 2.75) is 18.7 Å². The molecule has 182 valence electrons. The van der Waals surface area contributed by atoms with Crippen LogP contribution in [0.1, 0.15) is 45.1 Å². The lowest BCUT2D eigenvalue weighted by Crippen LogP contribution is -2.32. The Hall–Kier alpha value is -4.00. The number of carboxylic acid groups (broad SMARTS) is 1. The predicted octanol–water partition coefficient (Wildman–Crippen LogP) is 0.505. The molecule has 0 radical (unpaired) electrons. The summed E-state index contributed by atoms with van der Waals surface area (Å²) in [5.74, 6) is -3.56. The van der Waals surface area contributed by atoms with Gasteiger partial charge in [-0.3, -0.25) is 19.2 Å². The average molecular weight is 493 g/mol. The van der Waals surface area contributed by atoms with Gasteiger partial charge in [0.05, 0.1) is 17.6 Å². The van der Waals surface area contributed by atoms with Gasteiger partial charge in [-0.2, -0.15) is 0 Å². The number of carbonyl (C=O) groups is 4. The van der Waals surface area contributed by atoms with Crippen molar-refractivity contribution in [3.8, 4) is 5.75 Å². The minimum atomic E-state index is -4.28. The summed E-state index contributed by atoms with van der Waals surface area (Å²) < 4.78 is 32.1. The fourth-order valence-electron chi connectivity index (χ4n) is 2.84. The molecule has 0 aliphatic carbocycles. The normalized spacial score (nSPS) is 10.8. The van der Waals surface area contributed by atoms with Gasteiger partial charge in [-0.05, 0) is 44.2 Å². The van der Waals surface area contributed by atoms with Crippen LogP contribution in [0.5, 0.6) is 5.75 Å². The van der Waals surface area contributed by atoms with E-state index < -0.39 is 34.4 Å². The maximum absolute atomic E-state index is 12.6. The molecule has 1 heterocycles. The minimum Gasteiger partial charge on any atom is -0.494 e. The van der Waals surface area contributed by atoms with E-state index in [0.717, 1.165) is 12.3 Å². The molecule has 0 bridgehead atoms. The van der Waals surface area contributed by atoms with Gasteiger partial charge >= 0.3 is 5.97 Å². The van der Waals surface area contributed by atoms with Gasteiger partial charge in [-0.25, -0.2) is 18.1 Å². The number of carboxylic acids is 1. The first kappa shape index (κ1) is 26.3. The van der Waals surface area contributed by atoms with E-state index in [2.05, 4.69) is 10.3 Å². The summed E-state index contributed by atoms with van der Waals surface area (Å²) in [6.07, 6.45) is 0.953. The van der Waals surface area contributed by atoms with Gasteiger partial charge < -0.3 is 20.1 Å². The van der Waals surface area contributed by atoms with Crippen molar-refractivity contribution >= 4 is 33.7 Å². The largest absolute Gasteiger partial charge is 0.494 e. The highest BCUT2D eigenvalue weighted by Gasteiger charge is 2.23. The van der Waals surface area contributed by atoms with Crippen LogP contribution in [-0.4, -0.2) is 73.8 Å². The highest BCUT2D eigenvalue weighted by molar-refractivity contribution is 7.90. The number of pyridine rings is 1. The van der Waals surface area contributed by atoms with E-state index in [1.165, 1.54) is 31.4 Å². The smallest absolute Gasteiger partial charge is 0.322 e. The number of hydrogen-bond donors (Lipinski definition) is 3. The molecule has 3 N–H and O–H groups in total. The SMILES string of the molecule is CCN(CC)C(=O)c1ccc(S(=O)(=O)NC(=O)c2cnc(C(=O)NCC(=O)O)c(OC)c2)cc1. The lowest BCUT2D eigenvalue weighted by molar-refractivity contribution is -0.135. The van der Waals surface area contributed by atoms with Crippen molar-refractivity contribution in [3.05, 3.63) is 53.3 Å². The topological polar surface area (TPSA) is 172 Å². The molecule has 1 aromatic heterocycles. The first-order chi connectivity index (χ1) is 16.0. The van der Waals surface area contributed by atoms with Crippen LogP contribution in [0.15, 0.2) is 41.4 Å². The number of carbonyl (C=O) groups excluding carboxylic acids is 3. The number of sulfonamides is 1. The van der Waals surface area contributed by atoms with Crippen molar-refractivity contribution in [1.82, 2.24) is 19.9 Å². The average Bonchev–Trinajstić information content (AvgIpc) is 2.82. The number of ether oxygens (including phenoxy) is 1. The summed E-state index contributed by atoms with van der Waals surface area (Å²) in [6, 6.07) is 6.23. The van der Waals surface area contributed by atoms with Gasteiger partial charge in [0.15, 0.2) is 11.4 Å². The number of methoxy groups -OCH3 is 1. The van der Waals surface area contributed by atoms with Crippen molar-refractivity contribution in [1.29, 1.82) is 0 Å². The summed E-state index contributed by atoms with van der Waals surface area (Å²) in [7, 11) is -3.08. The summed E-state index contributed by atoms with van der Waals surface area (Å²) in [4.78, 5) is 52.7. The number of amides is 3. The predicted molar refractivity (Wildman–Crippen MR) is 119 cm³/mol. The van der Waals surface area contributed by atoms with Crippen LogP contribution in [0.4, 0.5) is 0 Å². The van der Waals surface area contributed by atoms with E-state index in [0.29, 0.717) is 18.7 Å². The highest BCUT2D eigenvalue weighted by Crippen LogP contribution is 2.19. The molecular formula is C21H24N4O8S. The Labute approximate surface area is 196 Å². The number of nitrogens with one attached hydrogen (secondary N) is 2. The van der Waals surface area contributed by atoms with E-state index in [-0.39, 0.29) is 27.8 Å². The Morgan fingerprint density at radius 3 is 2.18 bits per heavy atom. The number of aliphatic carboxylic acids is 1.